The first-order valence-electron chi connectivity index (χ1n) is 24.1. The van der Waals surface area contributed by atoms with Crippen molar-refractivity contribution in [2.45, 2.75) is 207 Å². The minimum absolute atomic E-state index is 0.136. The molecule has 344 valence electrons. The number of Topliss-reactive ketones (excluding diaryl/α,β-unsaturated/α-hetero) is 1. The van der Waals surface area contributed by atoms with Gasteiger partial charge >= 0.3 is 0 Å². The molecule has 0 bridgehead atoms. The highest BCUT2D eigenvalue weighted by atomic mass is 32.1. The number of nitrogens with two attached hydrogens (primary N) is 1. The van der Waals surface area contributed by atoms with Gasteiger partial charge in [0, 0.05) is 30.7 Å². The lowest BCUT2D eigenvalue weighted by Crippen LogP contribution is -2.65. The van der Waals surface area contributed by atoms with E-state index in [0.29, 0.717) is 24.7 Å². The van der Waals surface area contributed by atoms with E-state index in [4.69, 9.17) is 12.3 Å². The summed E-state index contributed by atoms with van der Waals surface area (Å²) in [6, 6.07) is 9.42. The number of carbonyl (C=O) groups excluding carboxylic acids is 1. The molecule has 0 aliphatic heterocycles. The Morgan fingerprint density at radius 1 is 0.678 bits per heavy atom. The summed E-state index contributed by atoms with van der Waals surface area (Å²) in [6.07, 6.45) is 11.6. The minimum Gasteiger partial charge on any atom is -0.329 e. The molecule has 5 heteroatoms. The molecule has 0 aromatic heterocycles. The van der Waals surface area contributed by atoms with Gasteiger partial charge in [-0.2, -0.15) is 12.6 Å². The summed E-state index contributed by atoms with van der Waals surface area (Å²) >= 11 is 4.65. The quantitative estimate of drug-likeness (QED) is 0.0354. The first-order chi connectivity index (χ1) is 27.1. The first kappa shape index (κ1) is 55.9. The molecule has 0 saturated carbocycles. The third-order valence-electron chi connectivity index (χ3n) is 18.0. The fraction of sp³-hybridized carbons (Fsp3) is 0.833. The Balaban J connectivity index is 4.17. The second-order valence-electron chi connectivity index (χ2n) is 23.0. The molecule has 0 radical (unpaired) electrons. The predicted octanol–water partition coefficient (Wildman–Crippen LogP) is 14.6. The third-order valence-corrected chi connectivity index (χ3v) is 18.4. The normalized spacial score (nSPS) is 16.7. The molecule has 0 aliphatic carbocycles. The van der Waals surface area contributed by atoms with Crippen molar-refractivity contribution in [3.05, 3.63) is 47.5 Å². The predicted molar refractivity (Wildman–Crippen MR) is 267 cm³/mol. The average molecular weight is 840 g/mol. The SMILES string of the molecule is C=C(CCCCNCCN)C(C)(C(C)(C)C(C)(C)C(CC(C)(C)C(C)CCCC)c1ccc(CS)cc1)C(C)(C)C(C)(C)C(C)(C(=O)CCCCNCCC)C(C)(C)C. The number of unbranched alkanes of at least 4 members (excludes halogenated alkanes) is 3. The molecule has 1 rings (SSSR count). The third kappa shape index (κ3) is 12.3. The Morgan fingerprint density at radius 3 is 1.66 bits per heavy atom. The molecule has 1 aromatic carbocycles. The largest absolute Gasteiger partial charge is 0.329 e. The highest BCUT2D eigenvalue weighted by molar-refractivity contribution is 7.79. The van der Waals surface area contributed by atoms with Crippen molar-refractivity contribution in [1.82, 2.24) is 10.6 Å². The standard InChI is InChI=1S/C54H101N3OS/c1-20-22-27-41(3)48(8,9)39-45(44-32-30-43(40-59)31-33-44)49(10,11)50(12,13)53(18,42(4)28-23-25-37-57-38-34-55)51(14,15)52(16,17)54(19,47(5,6)7)46(58)29-24-26-36-56-35-21-2/h30-33,41,45,56-57,59H,4,20-29,34-40,55H2,1-3,5-19H3. The van der Waals surface area contributed by atoms with Gasteiger partial charge in [0.1, 0.15) is 5.78 Å². The van der Waals surface area contributed by atoms with Gasteiger partial charge in [-0.25, -0.2) is 0 Å². The van der Waals surface area contributed by atoms with Gasteiger partial charge in [-0.05, 0) is 125 Å². The molecule has 0 saturated heterocycles. The van der Waals surface area contributed by atoms with Crippen LogP contribution in [0, 0.1) is 49.2 Å². The molecule has 0 amide bonds. The summed E-state index contributed by atoms with van der Waals surface area (Å²) in [4.78, 5) is 15.1. The molecule has 4 N–H and O–H groups in total. The summed E-state index contributed by atoms with van der Waals surface area (Å²) in [6.45, 7) is 53.7. The lowest BCUT2D eigenvalue weighted by molar-refractivity contribution is -0.197. The molecule has 0 heterocycles. The fourth-order valence-corrected chi connectivity index (χ4v) is 11.3. The number of hydrogen-bond donors (Lipinski definition) is 4. The van der Waals surface area contributed by atoms with Crippen LogP contribution in [-0.4, -0.2) is 38.5 Å². The monoisotopic (exact) mass is 840 g/mol. The maximum absolute atomic E-state index is 15.1. The number of nitrogens with one attached hydrogen (secondary N) is 2. The molecule has 0 spiro atoms. The number of hydrogen-bond acceptors (Lipinski definition) is 5. The van der Waals surface area contributed by atoms with Gasteiger partial charge in [0.05, 0.1) is 0 Å². The summed E-state index contributed by atoms with van der Waals surface area (Å²) in [7, 11) is 0. The van der Waals surface area contributed by atoms with Gasteiger partial charge in [0.15, 0.2) is 0 Å². The second kappa shape index (κ2) is 23.0. The van der Waals surface area contributed by atoms with Crippen molar-refractivity contribution >= 4 is 18.4 Å². The average Bonchev–Trinajstić information content (AvgIpc) is 3.16. The van der Waals surface area contributed by atoms with Crippen LogP contribution in [0.4, 0.5) is 0 Å². The molecule has 4 unspecified atom stereocenters. The molecular weight excluding hydrogens is 739 g/mol. The highest BCUT2D eigenvalue weighted by Crippen LogP contribution is 2.74. The molecule has 0 aliphatic rings. The number of ketones is 1. The van der Waals surface area contributed by atoms with E-state index in [-0.39, 0.29) is 38.4 Å². The van der Waals surface area contributed by atoms with Crippen LogP contribution in [0.2, 0.25) is 0 Å². The molecule has 1 aromatic rings. The molecule has 59 heavy (non-hydrogen) atoms. The van der Waals surface area contributed by atoms with Crippen LogP contribution in [0.5, 0.6) is 0 Å². The Morgan fingerprint density at radius 2 is 1.19 bits per heavy atom. The topological polar surface area (TPSA) is 67.1 Å². The first-order valence-corrected chi connectivity index (χ1v) is 24.7. The molecular formula is C54H101N3OS. The van der Waals surface area contributed by atoms with Crippen molar-refractivity contribution in [1.29, 1.82) is 0 Å². The van der Waals surface area contributed by atoms with Gasteiger partial charge in [-0.3, -0.25) is 4.79 Å². The highest BCUT2D eigenvalue weighted by Gasteiger charge is 2.69. The van der Waals surface area contributed by atoms with E-state index in [9.17, 15) is 0 Å². The van der Waals surface area contributed by atoms with E-state index in [1.807, 2.05) is 0 Å². The zero-order chi connectivity index (χ0) is 45.7. The van der Waals surface area contributed by atoms with Crippen molar-refractivity contribution < 1.29 is 4.79 Å². The molecule has 4 atom stereocenters. The number of thiol groups is 1. The smallest absolute Gasteiger partial charge is 0.139 e. The lowest BCUT2D eigenvalue weighted by atomic mass is 9.33. The van der Waals surface area contributed by atoms with Crippen molar-refractivity contribution in [3.8, 4) is 0 Å². The summed E-state index contributed by atoms with van der Waals surface area (Å²) in [5, 5.41) is 7.07. The van der Waals surface area contributed by atoms with Crippen LogP contribution in [-0.2, 0) is 10.5 Å². The molecule has 0 fully saturated rings. The Labute approximate surface area is 374 Å². The zero-order valence-electron chi connectivity index (χ0n) is 42.6. The van der Waals surface area contributed by atoms with Crippen molar-refractivity contribution in [2.75, 3.05) is 32.7 Å². The van der Waals surface area contributed by atoms with Crippen LogP contribution in [0.1, 0.15) is 212 Å². The van der Waals surface area contributed by atoms with Gasteiger partial charge < -0.3 is 16.4 Å². The van der Waals surface area contributed by atoms with Gasteiger partial charge in [0.2, 0.25) is 0 Å². The van der Waals surface area contributed by atoms with Gasteiger partial charge in [-0.1, -0.05) is 180 Å². The van der Waals surface area contributed by atoms with Crippen LogP contribution < -0.4 is 16.4 Å². The van der Waals surface area contributed by atoms with Crippen molar-refractivity contribution in [2.24, 2.45) is 55.0 Å². The fourth-order valence-electron chi connectivity index (χ4n) is 11.1. The Bertz CT molecular complexity index is 1400. The van der Waals surface area contributed by atoms with Crippen LogP contribution >= 0.6 is 12.6 Å². The van der Waals surface area contributed by atoms with Gasteiger partial charge in [-0.15, -0.1) is 0 Å². The van der Waals surface area contributed by atoms with E-state index in [2.05, 4.69) is 172 Å². The van der Waals surface area contributed by atoms with E-state index >= 15 is 4.79 Å². The Hall–Kier alpha value is -1.14. The minimum atomic E-state index is -0.604. The van der Waals surface area contributed by atoms with E-state index in [1.54, 1.807) is 0 Å². The van der Waals surface area contributed by atoms with Crippen LogP contribution in [0.25, 0.3) is 0 Å². The summed E-state index contributed by atoms with van der Waals surface area (Å²) < 4.78 is 0. The van der Waals surface area contributed by atoms with Crippen molar-refractivity contribution in [3.63, 3.8) is 0 Å². The second-order valence-corrected chi connectivity index (χ2v) is 23.3. The summed E-state index contributed by atoms with van der Waals surface area (Å²) in [5.41, 5.74) is 7.47. The number of allylic oxidation sites excluding steroid dienone is 1. The summed E-state index contributed by atoms with van der Waals surface area (Å²) in [5.74, 6) is 2.03. The lowest BCUT2D eigenvalue weighted by Gasteiger charge is -2.70. The zero-order valence-corrected chi connectivity index (χ0v) is 43.5. The Kier molecular flexibility index (Phi) is 21.8. The number of carbonyl (C=O) groups is 1. The molecule has 4 nitrogen and oxygen atoms in total. The van der Waals surface area contributed by atoms with E-state index in [1.165, 1.54) is 36.0 Å². The van der Waals surface area contributed by atoms with E-state index in [0.717, 1.165) is 76.9 Å². The maximum Gasteiger partial charge on any atom is 0.139 e. The number of rotatable bonds is 30. The number of benzene rings is 1. The van der Waals surface area contributed by atoms with Gasteiger partial charge in [0.25, 0.3) is 0 Å². The van der Waals surface area contributed by atoms with Crippen LogP contribution in [0.15, 0.2) is 36.4 Å². The van der Waals surface area contributed by atoms with Crippen LogP contribution in [0.3, 0.4) is 0 Å². The van der Waals surface area contributed by atoms with E-state index < -0.39 is 10.8 Å². The maximum atomic E-state index is 15.1.